The summed E-state index contributed by atoms with van der Waals surface area (Å²) in [5, 5.41) is 6.85. The molecule has 0 spiro atoms. The van der Waals surface area contributed by atoms with Crippen LogP contribution in [0.4, 0.5) is 0 Å². The SMILES string of the molecule is O=C(/C=C/c1cccs1)NC[C@@H](c1ccccc1Cl)c1c[nH]c2ccccc12. The number of aromatic amines is 1. The fraction of sp³-hybridized carbons (Fsp3) is 0.0870. The molecule has 5 heteroatoms. The van der Waals surface area contributed by atoms with Gasteiger partial charge in [0.15, 0.2) is 0 Å². The van der Waals surface area contributed by atoms with Gasteiger partial charge in [-0.1, -0.05) is 54.1 Å². The van der Waals surface area contributed by atoms with Crippen molar-refractivity contribution in [1.82, 2.24) is 10.3 Å². The molecule has 0 fully saturated rings. The number of para-hydroxylation sites is 1. The number of carbonyl (C=O) groups is 1. The molecule has 0 bridgehead atoms. The molecule has 0 aliphatic heterocycles. The summed E-state index contributed by atoms with van der Waals surface area (Å²) in [7, 11) is 0. The number of H-pyrrole nitrogens is 1. The van der Waals surface area contributed by atoms with Gasteiger partial charge in [0.05, 0.1) is 0 Å². The van der Waals surface area contributed by atoms with E-state index >= 15 is 0 Å². The molecule has 1 amide bonds. The summed E-state index contributed by atoms with van der Waals surface area (Å²) in [4.78, 5) is 16.7. The van der Waals surface area contributed by atoms with Crippen LogP contribution in [-0.2, 0) is 4.79 Å². The maximum Gasteiger partial charge on any atom is 0.244 e. The minimum atomic E-state index is -0.120. The Hall–Kier alpha value is -2.82. The number of halogens is 1. The molecule has 2 aromatic heterocycles. The van der Waals surface area contributed by atoms with E-state index in [4.69, 9.17) is 11.6 Å². The number of amides is 1. The van der Waals surface area contributed by atoms with E-state index in [1.807, 2.05) is 72.3 Å². The van der Waals surface area contributed by atoms with Crippen LogP contribution >= 0.6 is 22.9 Å². The fourth-order valence-corrected chi connectivity index (χ4v) is 4.22. The predicted molar refractivity (Wildman–Crippen MR) is 118 cm³/mol. The summed E-state index contributed by atoms with van der Waals surface area (Å²) in [6, 6.07) is 19.9. The van der Waals surface area contributed by atoms with Gasteiger partial charge < -0.3 is 10.3 Å². The van der Waals surface area contributed by atoms with E-state index in [-0.39, 0.29) is 11.8 Å². The fourth-order valence-electron chi connectivity index (χ4n) is 3.33. The molecule has 0 radical (unpaired) electrons. The molecular weight excluding hydrogens is 388 g/mol. The third-order valence-electron chi connectivity index (χ3n) is 4.70. The molecular formula is C23H19ClN2OS. The molecule has 4 aromatic rings. The van der Waals surface area contributed by atoms with Crippen molar-refractivity contribution in [3.63, 3.8) is 0 Å². The number of rotatable bonds is 6. The van der Waals surface area contributed by atoms with Gasteiger partial charge in [0.2, 0.25) is 5.91 Å². The van der Waals surface area contributed by atoms with Crippen molar-refractivity contribution in [3.05, 3.63) is 99.3 Å². The zero-order chi connectivity index (χ0) is 19.3. The van der Waals surface area contributed by atoms with E-state index in [2.05, 4.69) is 16.4 Å². The molecule has 0 saturated carbocycles. The van der Waals surface area contributed by atoms with Crippen molar-refractivity contribution in [2.24, 2.45) is 0 Å². The number of aromatic nitrogens is 1. The maximum absolute atomic E-state index is 12.4. The number of hydrogen-bond donors (Lipinski definition) is 2. The first-order chi connectivity index (χ1) is 13.7. The number of fused-ring (bicyclic) bond motifs is 1. The van der Waals surface area contributed by atoms with Crippen LogP contribution in [-0.4, -0.2) is 17.4 Å². The predicted octanol–water partition coefficient (Wildman–Crippen LogP) is 5.84. The molecule has 2 aromatic carbocycles. The van der Waals surface area contributed by atoms with Crippen molar-refractivity contribution < 1.29 is 4.79 Å². The normalized spacial score (nSPS) is 12.5. The zero-order valence-electron chi connectivity index (χ0n) is 15.1. The van der Waals surface area contributed by atoms with Gasteiger partial charge in [0.1, 0.15) is 0 Å². The van der Waals surface area contributed by atoms with E-state index in [1.54, 1.807) is 17.4 Å². The van der Waals surface area contributed by atoms with E-state index in [9.17, 15) is 4.79 Å². The number of carbonyl (C=O) groups excluding carboxylic acids is 1. The van der Waals surface area contributed by atoms with Gasteiger partial charge in [0, 0.05) is 45.5 Å². The quantitative estimate of drug-likeness (QED) is 0.388. The summed E-state index contributed by atoms with van der Waals surface area (Å²) in [6.45, 7) is 0.458. The van der Waals surface area contributed by atoms with Gasteiger partial charge in [-0.05, 0) is 40.8 Å². The van der Waals surface area contributed by atoms with Crippen molar-refractivity contribution in [1.29, 1.82) is 0 Å². The Morgan fingerprint density at radius 3 is 2.71 bits per heavy atom. The Bertz CT molecular complexity index is 1110. The molecule has 0 aliphatic rings. The number of nitrogens with one attached hydrogen (secondary N) is 2. The smallest absolute Gasteiger partial charge is 0.244 e. The average molecular weight is 407 g/mol. The lowest BCUT2D eigenvalue weighted by molar-refractivity contribution is -0.116. The minimum absolute atomic E-state index is 0.0519. The van der Waals surface area contributed by atoms with Crippen LogP contribution < -0.4 is 5.32 Å². The van der Waals surface area contributed by atoms with Crippen LogP contribution in [0.25, 0.3) is 17.0 Å². The maximum atomic E-state index is 12.4. The monoisotopic (exact) mass is 406 g/mol. The van der Waals surface area contributed by atoms with E-state index in [0.29, 0.717) is 11.6 Å². The van der Waals surface area contributed by atoms with Crippen molar-refractivity contribution in [2.75, 3.05) is 6.54 Å². The summed E-state index contributed by atoms with van der Waals surface area (Å²) in [6.07, 6.45) is 5.41. The third-order valence-corrected chi connectivity index (χ3v) is 5.88. The van der Waals surface area contributed by atoms with E-state index in [0.717, 1.165) is 26.9 Å². The highest BCUT2D eigenvalue weighted by Gasteiger charge is 2.20. The summed E-state index contributed by atoms with van der Waals surface area (Å²) >= 11 is 8.09. The van der Waals surface area contributed by atoms with E-state index in [1.165, 1.54) is 0 Å². The lowest BCUT2D eigenvalue weighted by atomic mass is 9.90. The number of benzene rings is 2. The minimum Gasteiger partial charge on any atom is -0.361 e. The molecule has 140 valence electrons. The summed E-state index contributed by atoms with van der Waals surface area (Å²) < 4.78 is 0. The largest absolute Gasteiger partial charge is 0.361 e. The van der Waals surface area contributed by atoms with Gasteiger partial charge in [-0.25, -0.2) is 0 Å². The molecule has 0 aliphatic carbocycles. The lowest BCUT2D eigenvalue weighted by Crippen LogP contribution is -2.27. The zero-order valence-corrected chi connectivity index (χ0v) is 16.6. The number of hydrogen-bond acceptors (Lipinski definition) is 2. The van der Waals surface area contributed by atoms with E-state index < -0.39 is 0 Å². The van der Waals surface area contributed by atoms with Crippen LogP contribution in [0.15, 0.2) is 78.3 Å². The highest BCUT2D eigenvalue weighted by molar-refractivity contribution is 7.10. The molecule has 0 saturated heterocycles. The van der Waals surface area contributed by atoms with Crippen molar-refractivity contribution in [2.45, 2.75) is 5.92 Å². The molecule has 4 rings (SSSR count). The van der Waals surface area contributed by atoms with Gasteiger partial charge in [-0.3, -0.25) is 4.79 Å². The Labute approximate surface area is 172 Å². The van der Waals surface area contributed by atoms with Crippen LogP contribution in [0.5, 0.6) is 0 Å². The number of thiophene rings is 1. The first-order valence-corrected chi connectivity index (χ1v) is 10.3. The average Bonchev–Trinajstić information content (AvgIpc) is 3.38. The van der Waals surface area contributed by atoms with Crippen LogP contribution in [0.3, 0.4) is 0 Å². The first kappa shape index (κ1) is 18.5. The molecule has 28 heavy (non-hydrogen) atoms. The Kier molecular flexibility index (Phi) is 5.60. The second-order valence-electron chi connectivity index (χ2n) is 6.46. The molecule has 2 N–H and O–H groups in total. The van der Waals surface area contributed by atoms with Crippen LogP contribution in [0.2, 0.25) is 5.02 Å². The van der Waals surface area contributed by atoms with Gasteiger partial charge in [0.25, 0.3) is 0 Å². The van der Waals surface area contributed by atoms with Gasteiger partial charge in [-0.2, -0.15) is 0 Å². The van der Waals surface area contributed by atoms with Crippen molar-refractivity contribution >= 4 is 45.8 Å². The summed E-state index contributed by atoms with van der Waals surface area (Å²) in [5.74, 6) is -0.172. The molecule has 3 nitrogen and oxygen atoms in total. The first-order valence-electron chi connectivity index (χ1n) is 9.02. The topological polar surface area (TPSA) is 44.9 Å². The van der Waals surface area contributed by atoms with Gasteiger partial charge >= 0.3 is 0 Å². The van der Waals surface area contributed by atoms with Gasteiger partial charge in [-0.15, -0.1) is 11.3 Å². The standard InChI is InChI=1S/C23H19ClN2OS/c24-21-9-3-1-7-17(21)19(20-14-25-22-10-4-2-8-18(20)22)15-26-23(27)12-11-16-6-5-13-28-16/h1-14,19,25H,15H2,(H,26,27)/b12-11+/t19-/m0/s1. The lowest BCUT2D eigenvalue weighted by Gasteiger charge is -2.19. The second kappa shape index (κ2) is 8.46. The third kappa shape index (κ3) is 4.03. The highest BCUT2D eigenvalue weighted by Crippen LogP contribution is 2.34. The summed E-state index contributed by atoms with van der Waals surface area (Å²) in [5.41, 5.74) is 3.18. The van der Waals surface area contributed by atoms with Crippen LogP contribution in [0.1, 0.15) is 21.9 Å². The second-order valence-corrected chi connectivity index (χ2v) is 7.84. The Morgan fingerprint density at radius 1 is 1.07 bits per heavy atom. The highest BCUT2D eigenvalue weighted by atomic mass is 35.5. The van der Waals surface area contributed by atoms with Crippen LogP contribution in [0, 0.1) is 0 Å². The molecule has 2 heterocycles. The molecule has 1 atom stereocenters. The van der Waals surface area contributed by atoms with Crippen molar-refractivity contribution in [3.8, 4) is 0 Å². The Morgan fingerprint density at radius 2 is 1.89 bits per heavy atom. The molecule has 0 unspecified atom stereocenters. The Balaban J connectivity index is 1.61.